The van der Waals surface area contributed by atoms with E-state index in [0.717, 1.165) is 38.6 Å². The Balaban J connectivity index is 1.98. The molecule has 2 saturated heterocycles. The molecule has 0 bridgehead atoms. The molecular formula is C12H22N2O3. The third-order valence-electron chi connectivity index (χ3n) is 3.65. The van der Waals surface area contributed by atoms with E-state index in [4.69, 9.17) is 15.2 Å². The van der Waals surface area contributed by atoms with E-state index in [0.29, 0.717) is 19.8 Å². The minimum absolute atomic E-state index is 0.0156. The molecule has 2 aliphatic heterocycles. The second-order valence-corrected chi connectivity index (χ2v) is 4.89. The third kappa shape index (κ3) is 3.18. The van der Waals surface area contributed by atoms with Crippen molar-refractivity contribution < 1.29 is 14.3 Å². The van der Waals surface area contributed by atoms with Gasteiger partial charge in [-0.1, -0.05) is 0 Å². The summed E-state index contributed by atoms with van der Waals surface area (Å²) in [5, 5.41) is 2.89. The average molecular weight is 242 g/mol. The Kier molecular flexibility index (Phi) is 4.36. The van der Waals surface area contributed by atoms with Crippen molar-refractivity contribution in [1.29, 1.82) is 0 Å². The maximum Gasteiger partial charge on any atom is 0.249 e. The molecule has 17 heavy (non-hydrogen) atoms. The fourth-order valence-electron chi connectivity index (χ4n) is 2.44. The minimum Gasteiger partial charge on any atom is -0.381 e. The summed E-state index contributed by atoms with van der Waals surface area (Å²) in [6, 6.07) is 0. The van der Waals surface area contributed by atoms with Crippen LogP contribution in [0.4, 0.5) is 0 Å². The number of carbonyl (C=O) groups excluding carboxylic acids is 1. The Morgan fingerprint density at radius 1 is 1.41 bits per heavy atom. The van der Waals surface area contributed by atoms with Crippen molar-refractivity contribution in [2.45, 2.75) is 43.8 Å². The van der Waals surface area contributed by atoms with Gasteiger partial charge in [0.2, 0.25) is 5.91 Å². The molecule has 2 aliphatic rings. The van der Waals surface area contributed by atoms with E-state index in [9.17, 15) is 4.79 Å². The highest BCUT2D eigenvalue weighted by Crippen LogP contribution is 2.27. The molecule has 0 radical (unpaired) electrons. The topological polar surface area (TPSA) is 73.6 Å². The van der Waals surface area contributed by atoms with Crippen molar-refractivity contribution in [3.8, 4) is 0 Å². The molecule has 1 unspecified atom stereocenters. The van der Waals surface area contributed by atoms with Crippen molar-refractivity contribution in [1.82, 2.24) is 5.32 Å². The first-order valence-corrected chi connectivity index (χ1v) is 6.49. The summed E-state index contributed by atoms with van der Waals surface area (Å²) >= 11 is 0. The van der Waals surface area contributed by atoms with Gasteiger partial charge in [0.1, 0.15) is 6.10 Å². The van der Waals surface area contributed by atoms with E-state index in [2.05, 4.69) is 5.32 Å². The zero-order valence-electron chi connectivity index (χ0n) is 10.2. The minimum atomic E-state index is -0.357. The van der Waals surface area contributed by atoms with Crippen LogP contribution in [-0.4, -0.2) is 43.9 Å². The third-order valence-corrected chi connectivity index (χ3v) is 3.65. The highest BCUT2D eigenvalue weighted by atomic mass is 16.5. The normalized spacial score (nSPS) is 29.5. The van der Waals surface area contributed by atoms with Crippen LogP contribution >= 0.6 is 0 Å². The lowest BCUT2D eigenvalue weighted by atomic mass is 9.93. The zero-order valence-corrected chi connectivity index (χ0v) is 10.2. The molecule has 5 heteroatoms. The lowest BCUT2D eigenvalue weighted by Crippen LogP contribution is -2.50. The molecule has 0 spiro atoms. The summed E-state index contributed by atoms with van der Waals surface area (Å²) in [6.45, 7) is 2.56. The van der Waals surface area contributed by atoms with E-state index in [1.165, 1.54) is 0 Å². The number of ether oxygens (including phenoxy) is 2. The van der Waals surface area contributed by atoms with Gasteiger partial charge in [-0.15, -0.1) is 0 Å². The van der Waals surface area contributed by atoms with Crippen molar-refractivity contribution in [2.75, 3.05) is 26.3 Å². The van der Waals surface area contributed by atoms with Gasteiger partial charge in [0, 0.05) is 39.1 Å². The van der Waals surface area contributed by atoms with Crippen LogP contribution in [0, 0.1) is 0 Å². The first-order valence-electron chi connectivity index (χ1n) is 6.49. The molecule has 2 rings (SSSR count). The van der Waals surface area contributed by atoms with Gasteiger partial charge >= 0.3 is 0 Å². The average Bonchev–Trinajstić information content (AvgIpc) is 2.56. The summed E-state index contributed by atoms with van der Waals surface area (Å²) in [5.41, 5.74) is 5.47. The Labute approximate surface area is 102 Å². The SMILES string of the molecule is NCC1(OC2CCCCNC2=O)CCOCC1. The molecule has 0 aromatic carbocycles. The first-order chi connectivity index (χ1) is 8.26. The highest BCUT2D eigenvalue weighted by molar-refractivity contribution is 5.81. The molecule has 5 nitrogen and oxygen atoms in total. The second kappa shape index (κ2) is 5.80. The lowest BCUT2D eigenvalue weighted by Gasteiger charge is -2.38. The van der Waals surface area contributed by atoms with Gasteiger partial charge in [-0.3, -0.25) is 4.79 Å². The molecular weight excluding hydrogens is 220 g/mol. The Morgan fingerprint density at radius 3 is 2.88 bits per heavy atom. The lowest BCUT2D eigenvalue weighted by molar-refractivity contribution is -0.161. The van der Waals surface area contributed by atoms with Gasteiger partial charge in [0.25, 0.3) is 0 Å². The van der Waals surface area contributed by atoms with Crippen LogP contribution in [0.5, 0.6) is 0 Å². The maximum atomic E-state index is 11.8. The largest absolute Gasteiger partial charge is 0.381 e. The van der Waals surface area contributed by atoms with Gasteiger partial charge in [0.05, 0.1) is 5.60 Å². The van der Waals surface area contributed by atoms with E-state index >= 15 is 0 Å². The predicted molar refractivity (Wildman–Crippen MR) is 63.6 cm³/mol. The number of amides is 1. The van der Waals surface area contributed by atoms with Crippen LogP contribution in [0.25, 0.3) is 0 Å². The van der Waals surface area contributed by atoms with E-state index in [1.807, 2.05) is 0 Å². The standard InChI is InChI=1S/C12H22N2O3/c13-9-12(4-7-16-8-5-12)17-10-3-1-2-6-14-11(10)15/h10H,1-9,13H2,(H,14,15). The Morgan fingerprint density at radius 2 is 2.18 bits per heavy atom. The van der Waals surface area contributed by atoms with Gasteiger partial charge in [-0.25, -0.2) is 0 Å². The molecule has 0 aliphatic carbocycles. The Hall–Kier alpha value is -0.650. The van der Waals surface area contributed by atoms with Crippen LogP contribution in [-0.2, 0) is 14.3 Å². The molecule has 0 saturated carbocycles. The molecule has 2 heterocycles. The quantitative estimate of drug-likeness (QED) is 0.740. The van der Waals surface area contributed by atoms with Gasteiger partial charge in [-0.05, 0) is 19.3 Å². The van der Waals surface area contributed by atoms with Gasteiger partial charge < -0.3 is 20.5 Å². The number of nitrogens with one attached hydrogen (secondary N) is 1. The van der Waals surface area contributed by atoms with Gasteiger partial charge in [0.15, 0.2) is 0 Å². The monoisotopic (exact) mass is 242 g/mol. The molecule has 1 amide bonds. The van der Waals surface area contributed by atoms with Crippen LogP contribution < -0.4 is 11.1 Å². The smallest absolute Gasteiger partial charge is 0.249 e. The number of hydrogen-bond acceptors (Lipinski definition) is 4. The number of hydrogen-bond donors (Lipinski definition) is 2. The molecule has 3 N–H and O–H groups in total. The van der Waals surface area contributed by atoms with E-state index < -0.39 is 0 Å². The van der Waals surface area contributed by atoms with Crippen molar-refractivity contribution in [3.63, 3.8) is 0 Å². The molecule has 0 aromatic rings. The fraction of sp³-hybridized carbons (Fsp3) is 0.917. The van der Waals surface area contributed by atoms with Gasteiger partial charge in [-0.2, -0.15) is 0 Å². The predicted octanol–water partition coefficient (Wildman–Crippen LogP) is 0.180. The number of nitrogens with two attached hydrogens (primary N) is 1. The summed E-state index contributed by atoms with van der Waals surface area (Å²) in [5.74, 6) is 0.0156. The van der Waals surface area contributed by atoms with Crippen molar-refractivity contribution in [3.05, 3.63) is 0 Å². The summed E-state index contributed by atoms with van der Waals surface area (Å²) in [4.78, 5) is 11.8. The maximum absolute atomic E-state index is 11.8. The molecule has 98 valence electrons. The van der Waals surface area contributed by atoms with Crippen LogP contribution in [0.3, 0.4) is 0 Å². The van der Waals surface area contributed by atoms with E-state index in [-0.39, 0.29) is 17.6 Å². The van der Waals surface area contributed by atoms with Crippen LogP contribution in [0.2, 0.25) is 0 Å². The van der Waals surface area contributed by atoms with E-state index in [1.54, 1.807) is 0 Å². The second-order valence-electron chi connectivity index (χ2n) is 4.89. The molecule has 1 atom stereocenters. The number of rotatable bonds is 3. The van der Waals surface area contributed by atoms with Crippen LogP contribution in [0.15, 0.2) is 0 Å². The summed E-state index contributed by atoms with van der Waals surface area (Å²) in [6.07, 6.45) is 4.10. The zero-order chi connectivity index (χ0) is 12.1. The Bertz CT molecular complexity index is 264. The summed E-state index contributed by atoms with van der Waals surface area (Å²) in [7, 11) is 0. The van der Waals surface area contributed by atoms with Crippen molar-refractivity contribution in [2.24, 2.45) is 5.73 Å². The molecule has 2 fully saturated rings. The molecule has 0 aromatic heterocycles. The fourth-order valence-corrected chi connectivity index (χ4v) is 2.44. The highest BCUT2D eigenvalue weighted by Gasteiger charge is 2.37. The summed E-state index contributed by atoms with van der Waals surface area (Å²) < 4.78 is 11.4. The first kappa shape index (κ1) is 12.8. The number of carbonyl (C=O) groups is 1. The van der Waals surface area contributed by atoms with Crippen molar-refractivity contribution >= 4 is 5.91 Å². The van der Waals surface area contributed by atoms with Crippen LogP contribution in [0.1, 0.15) is 32.1 Å².